The molecule has 1 aliphatic heterocycles. The van der Waals surface area contributed by atoms with Gasteiger partial charge in [0.1, 0.15) is 11.6 Å². The van der Waals surface area contributed by atoms with Crippen LogP contribution < -0.4 is 9.46 Å². The van der Waals surface area contributed by atoms with E-state index in [0.29, 0.717) is 28.3 Å². The van der Waals surface area contributed by atoms with Gasteiger partial charge < -0.3 is 4.74 Å². The van der Waals surface area contributed by atoms with Crippen LogP contribution in [0.1, 0.15) is 30.5 Å². The van der Waals surface area contributed by atoms with Gasteiger partial charge in [0.25, 0.3) is 10.0 Å². The highest BCUT2D eigenvalue weighted by atomic mass is 32.2. The predicted octanol–water partition coefficient (Wildman–Crippen LogP) is 4.14. The molecule has 0 saturated heterocycles. The number of hydrogen-bond donors (Lipinski definition) is 1. The Morgan fingerprint density at radius 2 is 1.66 bits per heavy atom. The van der Waals surface area contributed by atoms with Gasteiger partial charge in [0.15, 0.2) is 0 Å². The molecule has 1 aliphatic rings. The fourth-order valence-electron chi connectivity index (χ4n) is 3.73. The first kappa shape index (κ1) is 24.7. The second kappa shape index (κ2) is 9.67. The van der Waals surface area contributed by atoms with Crippen molar-refractivity contribution in [3.63, 3.8) is 0 Å². The Bertz CT molecular complexity index is 1460. The molecule has 11 heteroatoms. The molecule has 0 bridgehead atoms. The van der Waals surface area contributed by atoms with Gasteiger partial charge in [0.2, 0.25) is 10.0 Å². The summed E-state index contributed by atoms with van der Waals surface area (Å²) in [5, 5.41) is 4.45. The van der Waals surface area contributed by atoms with Gasteiger partial charge in [0, 0.05) is 12.0 Å². The van der Waals surface area contributed by atoms with Gasteiger partial charge in [-0.2, -0.15) is 17.9 Å². The largest absolute Gasteiger partial charge is 0.497 e. The molecule has 0 aliphatic carbocycles. The maximum atomic E-state index is 13.6. The fraction of sp³-hybridized carbons (Fsp3) is 0.208. The highest BCUT2D eigenvalue weighted by Gasteiger charge is 2.38. The van der Waals surface area contributed by atoms with Crippen molar-refractivity contribution in [3.8, 4) is 5.75 Å². The van der Waals surface area contributed by atoms with Gasteiger partial charge in [-0.1, -0.05) is 30.3 Å². The monoisotopic (exact) mass is 517 g/mol. The lowest BCUT2D eigenvalue weighted by Crippen LogP contribution is -2.27. The lowest BCUT2D eigenvalue weighted by atomic mass is 9.98. The molecular formula is C24H24FN3O5S2. The third-order valence-corrected chi connectivity index (χ3v) is 8.60. The topological polar surface area (TPSA) is 105 Å². The molecule has 35 heavy (non-hydrogen) atoms. The molecule has 0 aromatic heterocycles. The molecule has 0 fully saturated rings. The highest BCUT2D eigenvalue weighted by Crippen LogP contribution is 2.38. The van der Waals surface area contributed by atoms with Crippen molar-refractivity contribution < 1.29 is 26.0 Å². The zero-order chi connectivity index (χ0) is 25.2. The van der Waals surface area contributed by atoms with E-state index >= 15 is 0 Å². The third-order valence-electron chi connectivity index (χ3n) is 5.61. The molecular weight excluding hydrogens is 493 g/mol. The second-order valence-corrected chi connectivity index (χ2v) is 11.6. The molecule has 1 N–H and O–H groups in total. The minimum atomic E-state index is -4.11. The molecule has 8 nitrogen and oxygen atoms in total. The molecule has 0 amide bonds. The van der Waals surface area contributed by atoms with Gasteiger partial charge in [-0.25, -0.2) is 12.8 Å². The van der Waals surface area contributed by atoms with E-state index < -0.39 is 31.9 Å². The van der Waals surface area contributed by atoms with Crippen LogP contribution in [0.4, 0.5) is 10.1 Å². The Balaban J connectivity index is 1.81. The average molecular weight is 518 g/mol. The van der Waals surface area contributed by atoms with Gasteiger partial charge >= 0.3 is 0 Å². The maximum Gasteiger partial charge on any atom is 0.279 e. The summed E-state index contributed by atoms with van der Waals surface area (Å²) in [6.45, 7) is 1.52. The number of anilines is 1. The summed E-state index contributed by atoms with van der Waals surface area (Å²) in [5.74, 6) is -0.0668. The summed E-state index contributed by atoms with van der Waals surface area (Å²) in [6.07, 6.45) is 0.159. The van der Waals surface area contributed by atoms with E-state index in [2.05, 4.69) is 9.82 Å². The molecule has 0 saturated carbocycles. The van der Waals surface area contributed by atoms with E-state index in [0.717, 1.165) is 4.41 Å². The summed E-state index contributed by atoms with van der Waals surface area (Å²) in [5.41, 5.74) is 1.69. The van der Waals surface area contributed by atoms with E-state index in [9.17, 15) is 21.2 Å². The zero-order valence-electron chi connectivity index (χ0n) is 19.0. The van der Waals surface area contributed by atoms with Crippen molar-refractivity contribution in [2.24, 2.45) is 5.10 Å². The number of para-hydroxylation sites is 1. The Labute approximate surface area is 204 Å². The minimum Gasteiger partial charge on any atom is -0.497 e. The normalized spacial score (nSPS) is 16.1. The number of methoxy groups -OCH3 is 1. The Hall–Kier alpha value is -3.44. The second-order valence-electron chi connectivity index (χ2n) is 7.82. The standard InChI is InChI=1S/C24H24FN3O5S2/c1-3-34(29,30)27-22-7-5-4-6-21(22)23-16-24(17-8-10-18(25)11-9-17)28(26-23)35(31,32)20-14-12-19(33-2)13-15-20/h4-15,24,27H,3,16H2,1-2H3/t24-/m1/s1. The number of halogens is 1. The molecule has 184 valence electrons. The Kier molecular flexibility index (Phi) is 6.82. The van der Waals surface area contributed by atoms with Gasteiger partial charge in [-0.3, -0.25) is 4.72 Å². The van der Waals surface area contributed by atoms with E-state index in [1.165, 1.54) is 62.6 Å². The Morgan fingerprint density at radius 1 is 1.00 bits per heavy atom. The summed E-state index contributed by atoms with van der Waals surface area (Å²) in [7, 11) is -6.20. The Morgan fingerprint density at radius 3 is 2.29 bits per heavy atom. The fourth-order valence-corrected chi connectivity index (χ4v) is 5.82. The minimum absolute atomic E-state index is 0.00961. The summed E-state index contributed by atoms with van der Waals surface area (Å²) >= 11 is 0. The number of hydrazone groups is 1. The number of ether oxygens (including phenoxy) is 1. The molecule has 0 spiro atoms. The number of sulfonamides is 2. The van der Waals surface area contributed by atoms with Crippen LogP contribution >= 0.6 is 0 Å². The molecule has 4 rings (SSSR count). The molecule has 0 radical (unpaired) electrons. The van der Waals surface area contributed by atoms with Gasteiger partial charge in [0.05, 0.1) is 35.2 Å². The van der Waals surface area contributed by atoms with Gasteiger partial charge in [-0.15, -0.1) is 0 Å². The lowest BCUT2D eigenvalue weighted by molar-refractivity contribution is 0.371. The number of rotatable bonds is 8. The molecule has 0 unspecified atom stereocenters. The number of nitrogens with zero attached hydrogens (tertiary/aromatic N) is 2. The van der Waals surface area contributed by atoms with Crippen LogP contribution in [0, 0.1) is 5.82 Å². The van der Waals surface area contributed by atoms with Crippen molar-refractivity contribution in [2.75, 3.05) is 17.6 Å². The van der Waals surface area contributed by atoms with Crippen molar-refractivity contribution in [1.82, 2.24) is 4.41 Å². The predicted molar refractivity (Wildman–Crippen MR) is 132 cm³/mol. The number of nitrogens with one attached hydrogen (secondary N) is 1. The maximum absolute atomic E-state index is 13.6. The number of benzene rings is 3. The van der Waals surface area contributed by atoms with Crippen molar-refractivity contribution in [2.45, 2.75) is 24.3 Å². The van der Waals surface area contributed by atoms with E-state index in [1.807, 2.05) is 0 Å². The first-order valence-corrected chi connectivity index (χ1v) is 13.8. The SMILES string of the molecule is CCS(=O)(=O)Nc1ccccc1C1=NN(S(=O)(=O)c2ccc(OC)cc2)[C@@H](c2ccc(F)cc2)C1. The van der Waals surface area contributed by atoms with Gasteiger partial charge in [-0.05, 0) is 55.0 Å². The van der Waals surface area contributed by atoms with Crippen LogP contribution in [0.15, 0.2) is 82.8 Å². The van der Waals surface area contributed by atoms with Crippen LogP contribution in [-0.4, -0.2) is 39.8 Å². The first-order chi connectivity index (χ1) is 16.6. The van der Waals surface area contributed by atoms with Crippen LogP contribution in [0.5, 0.6) is 5.75 Å². The van der Waals surface area contributed by atoms with E-state index in [1.54, 1.807) is 24.3 Å². The van der Waals surface area contributed by atoms with Crippen LogP contribution in [0.2, 0.25) is 0 Å². The number of hydrogen-bond acceptors (Lipinski definition) is 6. The summed E-state index contributed by atoms with van der Waals surface area (Å²) < 4.78 is 73.9. The molecule has 1 heterocycles. The van der Waals surface area contributed by atoms with E-state index in [4.69, 9.17) is 4.74 Å². The van der Waals surface area contributed by atoms with Crippen LogP contribution in [-0.2, 0) is 20.0 Å². The summed E-state index contributed by atoms with van der Waals surface area (Å²) in [4.78, 5) is 0.00961. The first-order valence-electron chi connectivity index (χ1n) is 10.8. The molecule has 3 aromatic carbocycles. The third kappa shape index (κ3) is 5.15. The zero-order valence-corrected chi connectivity index (χ0v) is 20.7. The van der Waals surface area contributed by atoms with E-state index in [-0.39, 0.29) is 17.1 Å². The summed E-state index contributed by atoms with van der Waals surface area (Å²) in [6, 6.07) is 17.4. The van der Waals surface area contributed by atoms with Crippen LogP contribution in [0.25, 0.3) is 0 Å². The molecule has 3 aromatic rings. The smallest absolute Gasteiger partial charge is 0.279 e. The van der Waals surface area contributed by atoms with Crippen molar-refractivity contribution >= 4 is 31.4 Å². The average Bonchev–Trinajstić information content (AvgIpc) is 3.31. The molecule has 1 atom stereocenters. The quantitative estimate of drug-likeness (QED) is 0.484. The highest BCUT2D eigenvalue weighted by molar-refractivity contribution is 7.92. The lowest BCUT2D eigenvalue weighted by Gasteiger charge is -2.23. The van der Waals surface area contributed by atoms with Crippen molar-refractivity contribution in [1.29, 1.82) is 0 Å². The van der Waals surface area contributed by atoms with Crippen molar-refractivity contribution in [3.05, 3.63) is 89.7 Å². The van der Waals surface area contributed by atoms with Crippen LogP contribution in [0.3, 0.4) is 0 Å².